The SMILES string of the molecule is CCc1noc(-c2ccc(OC)c(CC(=O)NC(C(=O)NC(CC(=O)O)C(=O)CN3CCN(c4ccccc4F)CC3)C(C)C)c2)n1. The van der Waals surface area contributed by atoms with E-state index in [0.717, 1.165) is 0 Å². The van der Waals surface area contributed by atoms with E-state index in [-0.39, 0.29) is 24.7 Å². The Morgan fingerprint density at radius 3 is 2.40 bits per heavy atom. The molecule has 2 atom stereocenters. The molecule has 0 aliphatic carbocycles. The molecule has 0 spiro atoms. The molecule has 14 heteroatoms. The summed E-state index contributed by atoms with van der Waals surface area (Å²) >= 11 is 0. The van der Waals surface area contributed by atoms with E-state index in [1.807, 2.05) is 16.7 Å². The summed E-state index contributed by atoms with van der Waals surface area (Å²) in [7, 11) is 1.48. The molecule has 1 aliphatic rings. The Kier molecular flexibility index (Phi) is 12.0. The summed E-state index contributed by atoms with van der Waals surface area (Å²) in [6, 6.07) is 9.24. The number of rotatable bonds is 15. The van der Waals surface area contributed by atoms with Crippen molar-refractivity contribution in [2.24, 2.45) is 5.92 Å². The van der Waals surface area contributed by atoms with Crippen molar-refractivity contribution in [3.63, 3.8) is 0 Å². The van der Waals surface area contributed by atoms with Gasteiger partial charge in [0.1, 0.15) is 17.6 Å². The van der Waals surface area contributed by atoms with Crippen LogP contribution in [0.25, 0.3) is 11.5 Å². The fourth-order valence-electron chi connectivity index (χ4n) is 5.36. The van der Waals surface area contributed by atoms with Crippen molar-refractivity contribution in [2.75, 3.05) is 44.7 Å². The zero-order valence-electron chi connectivity index (χ0n) is 27.0. The van der Waals surface area contributed by atoms with Crippen LogP contribution in [0.3, 0.4) is 0 Å². The highest BCUT2D eigenvalue weighted by Crippen LogP contribution is 2.26. The monoisotopic (exact) mass is 652 g/mol. The fraction of sp³-hybridized carbons (Fsp3) is 0.455. The smallest absolute Gasteiger partial charge is 0.305 e. The van der Waals surface area contributed by atoms with Gasteiger partial charge in [-0.1, -0.05) is 38.1 Å². The second-order valence-corrected chi connectivity index (χ2v) is 11.7. The molecule has 2 heterocycles. The van der Waals surface area contributed by atoms with Crippen molar-refractivity contribution in [1.29, 1.82) is 0 Å². The van der Waals surface area contributed by atoms with Gasteiger partial charge in [0.25, 0.3) is 5.89 Å². The Bertz CT molecular complexity index is 1570. The van der Waals surface area contributed by atoms with Gasteiger partial charge in [0.15, 0.2) is 11.6 Å². The molecule has 4 rings (SSSR count). The Morgan fingerprint density at radius 1 is 1.06 bits per heavy atom. The number of carboxylic acids is 1. The molecule has 3 aromatic rings. The molecule has 2 unspecified atom stereocenters. The fourth-order valence-corrected chi connectivity index (χ4v) is 5.36. The summed E-state index contributed by atoms with van der Waals surface area (Å²) in [6.07, 6.45) is -0.156. The van der Waals surface area contributed by atoms with E-state index in [0.29, 0.717) is 66.9 Å². The molecule has 2 aromatic carbocycles. The number of para-hydroxylation sites is 1. The molecule has 47 heavy (non-hydrogen) atoms. The third-order valence-corrected chi connectivity index (χ3v) is 7.96. The summed E-state index contributed by atoms with van der Waals surface area (Å²) in [5.41, 5.74) is 1.61. The maximum absolute atomic E-state index is 14.2. The number of hydrogen-bond acceptors (Lipinski definition) is 10. The lowest BCUT2D eigenvalue weighted by molar-refractivity contribution is -0.141. The number of aryl methyl sites for hydroxylation is 1. The number of nitrogens with zero attached hydrogens (tertiary/aromatic N) is 4. The van der Waals surface area contributed by atoms with Gasteiger partial charge in [0, 0.05) is 43.7 Å². The third-order valence-electron chi connectivity index (χ3n) is 7.96. The number of anilines is 1. The number of hydrogen-bond donors (Lipinski definition) is 3. The lowest BCUT2D eigenvalue weighted by atomic mass is 10.0. The predicted molar refractivity (Wildman–Crippen MR) is 170 cm³/mol. The molecule has 1 saturated heterocycles. The number of halogens is 1. The minimum Gasteiger partial charge on any atom is -0.496 e. The highest BCUT2D eigenvalue weighted by atomic mass is 19.1. The van der Waals surface area contributed by atoms with E-state index in [4.69, 9.17) is 9.26 Å². The molecule has 1 aromatic heterocycles. The number of ketones is 1. The third kappa shape index (κ3) is 9.35. The van der Waals surface area contributed by atoms with Gasteiger partial charge in [0.2, 0.25) is 11.8 Å². The molecule has 1 fully saturated rings. The van der Waals surface area contributed by atoms with Gasteiger partial charge in [-0.25, -0.2) is 4.39 Å². The Labute approximate surface area is 272 Å². The van der Waals surface area contributed by atoms with Gasteiger partial charge < -0.3 is 29.9 Å². The molecular weight excluding hydrogens is 611 g/mol. The zero-order valence-corrected chi connectivity index (χ0v) is 27.0. The van der Waals surface area contributed by atoms with Crippen molar-refractivity contribution in [3.8, 4) is 17.2 Å². The second kappa shape index (κ2) is 16.1. The van der Waals surface area contributed by atoms with Crippen LogP contribution < -0.4 is 20.3 Å². The van der Waals surface area contributed by atoms with Gasteiger partial charge in [0.05, 0.1) is 38.2 Å². The molecule has 2 amide bonds. The normalized spacial score (nSPS) is 14.8. The minimum atomic E-state index is -1.30. The van der Waals surface area contributed by atoms with Crippen LogP contribution in [0.2, 0.25) is 0 Å². The highest BCUT2D eigenvalue weighted by molar-refractivity contribution is 5.95. The van der Waals surface area contributed by atoms with E-state index >= 15 is 0 Å². The topological polar surface area (TPSA) is 167 Å². The number of carbonyl (C=O) groups is 4. The lowest BCUT2D eigenvalue weighted by Gasteiger charge is -2.36. The number of Topliss-reactive ketones (excluding diaryl/α,β-unsaturated/α-hetero) is 1. The van der Waals surface area contributed by atoms with Gasteiger partial charge in [-0.05, 0) is 36.2 Å². The summed E-state index contributed by atoms with van der Waals surface area (Å²) in [5, 5.41) is 18.7. The zero-order chi connectivity index (χ0) is 34.1. The molecule has 0 radical (unpaired) electrons. The number of ether oxygens (including phenoxy) is 1. The van der Waals surface area contributed by atoms with Crippen LogP contribution in [0.1, 0.15) is 38.6 Å². The Balaban J connectivity index is 1.38. The maximum atomic E-state index is 14.2. The average molecular weight is 653 g/mol. The molecule has 3 N–H and O–H groups in total. The Morgan fingerprint density at radius 2 is 1.79 bits per heavy atom. The second-order valence-electron chi connectivity index (χ2n) is 11.7. The standard InChI is InChI=1S/C33H41FN6O7/c1-5-28-36-33(47-38-28)21-10-11-27(46-4)22(16-21)17-29(42)37-31(20(2)3)32(45)35-24(18-30(43)44)26(41)19-39-12-14-40(15-13-39)25-9-7-6-8-23(25)34/h6-11,16,20,24,31H,5,12-15,17-19H2,1-4H3,(H,35,45)(H,37,42)(H,43,44). The Hall–Kier alpha value is -4.85. The number of aliphatic carboxylic acids is 1. The largest absolute Gasteiger partial charge is 0.496 e. The first kappa shape index (κ1) is 35.0. The number of nitrogens with one attached hydrogen (secondary N) is 2. The average Bonchev–Trinajstić information content (AvgIpc) is 3.53. The highest BCUT2D eigenvalue weighted by Gasteiger charge is 2.32. The number of benzene rings is 2. The summed E-state index contributed by atoms with van der Waals surface area (Å²) in [6.45, 7) is 7.15. The van der Waals surface area contributed by atoms with Crippen molar-refractivity contribution in [2.45, 2.75) is 52.1 Å². The van der Waals surface area contributed by atoms with E-state index < -0.39 is 42.1 Å². The summed E-state index contributed by atoms with van der Waals surface area (Å²) in [4.78, 5) is 59.6. The number of amides is 2. The van der Waals surface area contributed by atoms with E-state index in [2.05, 4.69) is 20.8 Å². The van der Waals surface area contributed by atoms with Crippen LogP contribution in [0, 0.1) is 11.7 Å². The first-order chi connectivity index (χ1) is 22.5. The van der Waals surface area contributed by atoms with Gasteiger partial charge in [-0.3, -0.25) is 24.1 Å². The van der Waals surface area contributed by atoms with Crippen molar-refractivity contribution in [3.05, 3.63) is 59.7 Å². The molecule has 13 nitrogen and oxygen atoms in total. The van der Waals surface area contributed by atoms with Crippen molar-refractivity contribution < 1.29 is 37.9 Å². The van der Waals surface area contributed by atoms with E-state index in [9.17, 15) is 28.7 Å². The molecular formula is C33H41FN6O7. The number of carboxylic acid groups (broad SMARTS) is 1. The van der Waals surface area contributed by atoms with Gasteiger partial charge in [-0.15, -0.1) is 0 Å². The van der Waals surface area contributed by atoms with Crippen molar-refractivity contribution in [1.82, 2.24) is 25.7 Å². The van der Waals surface area contributed by atoms with Crippen LogP contribution in [0.15, 0.2) is 47.0 Å². The van der Waals surface area contributed by atoms with Crippen LogP contribution in [-0.4, -0.2) is 95.6 Å². The van der Waals surface area contributed by atoms with E-state index in [1.54, 1.807) is 50.2 Å². The van der Waals surface area contributed by atoms with Gasteiger partial charge >= 0.3 is 5.97 Å². The predicted octanol–water partition coefficient (Wildman–Crippen LogP) is 2.48. The van der Waals surface area contributed by atoms with Crippen molar-refractivity contribution >= 4 is 29.3 Å². The number of piperazine rings is 1. The van der Waals surface area contributed by atoms with Crippen LogP contribution in [0.4, 0.5) is 10.1 Å². The molecule has 1 aliphatic heterocycles. The van der Waals surface area contributed by atoms with Crippen LogP contribution in [-0.2, 0) is 32.0 Å². The minimum absolute atomic E-state index is 0.0853. The van der Waals surface area contributed by atoms with Crippen LogP contribution in [0.5, 0.6) is 5.75 Å². The van der Waals surface area contributed by atoms with Crippen LogP contribution >= 0.6 is 0 Å². The number of aromatic nitrogens is 2. The summed E-state index contributed by atoms with van der Waals surface area (Å²) in [5.74, 6) is -2.29. The molecule has 252 valence electrons. The maximum Gasteiger partial charge on any atom is 0.305 e. The summed E-state index contributed by atoms with van der Waals surface area (Å²) < 4.78 is 25.0. The lowest BCUT2D eigenvalue weighted by Crippen LogP contribution is -2.56. The number of carbonyl (C=O) groups excluding carboxylic acids is 3. The van der Waals surface area contributed by atoms with Gasteiger partial charge in [-0.2, -0.15) is 4.98 Å². The molecule has 0 saturated carbocycles. The quantitative estimate of drug-likeness (QED) is 0.221. The first-order valence-corrected chi connectivity index (χ1v) is 15.5. The van der Waals surface area contributed by atoms with E-state index in [1.165, 1.54) is 13.2 Å². The number of methoxy groups -OCH3 is 1. The first-order valence-electron chi connectivity index (χ1n) is 15.5. The molecule has 0 bridgehead atoms.